The highest BCUT2D eigenvalue weighted by Crippen LogP contribution is 2.19. The van der Waals surface area contributed by atoms with Crippen molar-refractivity contribution in [3.63, 3.8) is 0 Å². The SMILES string of the molecule is CCNc1nc(NCc2ccccn2)c(F)cc1F. The van der Waals surface area contributed by atoms with E-state index < -0.39 is 11.6 Å². The molecule has 4 nitrogen and oxygen atoms in total. The van der Waals surface area contributed by atoms with Gasteiger partial charge in [-0.25, -0.2) is 13.8 Å². The first-order valence-electron chi connectivity index (χ1n) is 5.94. The normalized spacial score (nSPS) is 10.3. The molecule has 0 aliphatic heterocycles. The van der Waals surface area contributed by atoms with Crippen LogP contribution in [0.3, 0.4) is 0 Å². The van der Waals surface area contributed by atoms with Gasteiger partial charge in [-0.2, -0.15) is 0 Å². The number of anilines is 2. The van der Waals surface area contributed by atoms with Gasteiger partial charge in [0.25, 0.3) is 0 Å². The van der Waals surface area contributed by atoms with Crippen molar-refractivity contribution in [3.8, 4) is 0 Å². The minimum Gasteiger partial charge on any atom is -0.368 e. The molecule has 0 saturated carbocycles. The van der Waals surface area contributed by atoms with Crippen LogP contribution in [0.15, 0.2) is 30.5 Å². The van der Waals surface area contributed by atoms with Crippen molar-refractivity contribution in [1.82, 2.24) is 9.97 Å². The van der Waals surface area contributed by atoms with Crippen LogP contribution in [0, 0.1) is 11.6 Å². The number of halogens is 2. The fraction of sp³-hybridized carbons (Fsp3) is 0.231. The maximum Gasteiger partial charge on any atom is 0.168 e. The summed E-state index contributed by atoms with van der Waals surface area (Å²) < 4.78 is 26.9. The zero-order valence-electron chi connectivity index (χ0n) is 10.5. The molecule has 2 heterocycles. The van der Waals surface area contributed by atoms with Crippen LogP contribution in [0.2, 0.25) is 0 Å². The lowest BCUT2D eigenvalue weighted by Gasteiger charge is -2.10. The van der Waals surface area contributed by atoms with E-state index in [4.69, 9.17) is 0 Å². The molecule has 0 aliphatic carbocycles. The van der Waals surface area contributed by atoms with Crippen molar-refractivity contribution in [3.05, 3.63) is 47.8 Å². The van der Waals surface area contributed by atoms with Crippen molar-refractivity contribution < 1.29 is 8.78 Å². The van der Waals surface area contributed by atoms with Crippen molar-refractivity contribution in [2.45, 2.75) is 13.5 Å². The molecule has 0 atom stereocenters. The lowest BCUT2D eigenvalue weighted by Crippen LogP contribution is -2.09. The molecule has 0 spiro atoms. The van der Waals surface area contributed by atoms with Crippen LogP contribution in [0.5, 0.6) is 0 Å². The van der Waals surface area contributed by atoms with Gasteiger partial charge in [0.15, 0.2) is 23.3 Å². The number of hydrogen-bond acceptors (Lipinski definition) is 4. The number of aromatic nitrogens is 2. The van der Waals surface area contributed by atoms with E-state index >= 15 is 0 Å². The van der Waals surface area contributed by atoms with Gasteiger partial charge in [0.1, 0.15) is 0 Å². The van der Waals surface area contributed by atoms with Crippen molar-refractivity contribution in [1.29, 1.82) is 0 Å². The summed E-state index contributed by atoms with van der Waals surface area (Å²) in [5.74, 6) is -1.40. The Hall–Kier alpha value is -2.24. The lowest BCUT2D eigenvalue weighted by atomic mass is 10.3. The highest BCUT2D eigenvalue weighted by Gasteiger charge is 2.11. The van der Waals surface area contributed by atoms with Gasteiger partial charge < -0.3 is 10.6 Å². The maximum atomic E-state index is 13.6. The number of rotatable bonds is 5. The fourth-order valence-corrected chi connectivity index (χ4v) is 1.56. The summed E-state index contributed by atoms with van der Waals surface area (Å²) >= 11 is 0. The minimum atomic E-state index is -0.727. The van der Waals surface area contributed by atoms with Gasteiger partial charge in [0, 0.05) is 18.8 Å². The summed E-state index contributed by atoms with van der Waals surface area (Å²) in [6.07, 6.45) is 1.65. The smallest absolute Gasteiger partial charge is 0.168 e. The van der Waals surface area contributed by atoms with Gasteiger partial charge in [-0.05, 0) is 19.1 Å². The van der Waals surface area contributed by atoms with Crippen LogP contribution in [-0.2, 0) is 6.54 Å². The molecule has 0 aromatic carbocycles. The molecule has 0 radical (unpaired) electrons. The highest BCUT2D eigenvalue weighted by molar-refractivity contribution is 5.47. The first-order chi connectivity index (χ1) is 9.20. The molecular weight excluding hydrogens is 250 g/mol. The van der Waals surface area contributed by atoms with Gasteiger partial charge in [-0.3, -0.25) is 4.98 Å². The van der Waals surface area contributed by atoms with E-state index in [1.165, 1.54) is 0 Å². The molecule has 2 aromatic rings. The van der Waals surface area contributed by atoms with Crippen LogP contribution < -0.4 is 10.6 Å². The van der Waals surface area contributed by atoms with Crippen LogP contribution in [0.1, 0.15) is 12.6 Å². The molecule has 2 aromatic heterocycles. The number of nitrogens with zero attached hydrogens (tertiary/aromatic N) is 2. The third-order valence-electron chi connectivity index (χ3n) is 2.44. The summed E-state index contributed by atoms with van der Waals surface area (Å²) in [5, 5.41) is 5.53. The van der Waals surface area contributed by atoms with E-state index in [1.807, 2.05) is 13.0 Å². The van der Waals surface area contributed by atoms with Gasteiger partial charge in [0.2, 0.25) is 0 Å². The molecule has 0 aliphatic rings. The summed E-state index contributed by atoms with van der Waals surface area (Å²) in [6.45, 7) is 2.64. The van der Waals surface area contributed by atoms with Crippen LogP contribution in [0.25, 0.3) is 0 Å². The first kappa shape index (κ1) is 13.2. The van der Waals surface area contributed by atoms with E-state index in [0.717, 1.165) is 11.8 Å². The third kappa shape index (κ3) is 3.37. The van der Waals surface area contributed by atoms with Gasteiger partial charge in [-0.15, -0.1) is 0 Å². The molecule has 0 bridgehead atoms. The lowest BCUT2D eigenvalue weighted by molar-refractivity contribution is 0.578. The van der Waals surface area contributed by atoms with E-state index in [1.54, 1.807) is 18.3 Å². The van der Waals surface area contributed by atoms with Crippen LogP contribution in [-0.4, -0.2) is 16.5 Å². The van der Waals surface area contributed by atoms with Crippen LogP contribution in [0.4, 0.5) is 20.4 Å². The van der Waals surface area contributed by atoms with E-state index in [2.05, 4.69) is 20.6 Å². The van der Waals surface area contributed by atoms with Gasteiger partial charge in [-0.1, -0.05) is 6.07 Å². The zero-order valence-corrected chi connectivity index (χ0v) is 10.5. The summed E-state index contributed by atoms with van der Waals surface area (Å²) in [4.78, 5) is 7.97. The van der Waals surface area contributed by atoms with Gasteiger partial charge >= 0.3 is 0 Å². The zero-order chi connectivity index (χ0) is 13.7. The average Bonchev–Trinajstić information content (AvgIpc) is 2.42. The standard InChI is InChI=1S/C13H14F2N4/c1-2-16-12-10(14)7-11(15)13(19-12)18-8-9-5-3-4-6-17-9/h3-7H,2,8H2,1H3,(H2,16,18,19). The van der Waals surface area contributed by atoms with Crippen molar-refractivity contribution in [2.75, 3.05) is 17.2 Å². The monoisotopic (exact) mass is 264 g/mol. The number of nitrogens with one attached hydrogen (secondary N) is 2. The third-order valence-corrected chi connectivity index (χ3v) is 2.44. The molecule has 0 fully saturated rings. The van der Waals surface area contributed by atoms with Crippen LogP contribution >= 0.6 is 0 Å². The average molecular weight is 264 g/mol. The topological polar surface area (TPSA) is 49.8 Å². The molecule has 19 heavy (non-hydrogen) atoms. The maximum absolute atomic E-state index is 13.6. The number of hydrogen-bond donors (Lipinski definition) is 2. The molecule has 2 N–H and O–H groups in total. The predicted octanol–water partition coefficient (Wildman–Crippen LogP) is 2.80. The summed E-state index contributed by atoms with van der Waals surface area (Å²) in [5.41, 5.74) is 0.748. The quantitative estimate of drug-likeness (QED) is 0.872. The Balaban J connectivity index is 2.13. The molecule has 2 rings (SSSR count). The van der Waals surface area contributed by atoms with Gasteiger partial charge in [0.05, 0.1) is 12.2 Å². The summed E-state index contributed by atoms with van der Waals surface area (Å²) in [7, 11) is 0. The van der Waals surface area contributed by atoms with E-state index in [0.29, 0.717) is 13.1 Å². The van der Waals surface area contributed by atoms with Crippen molar-refractivity contribution in [2.24, 2.45) is 0 Å². The molecule has 0 saturated heterocycles. The summed E-state index contributed by atoms with van der Waals surface area (Å²) in [6, 6.07) is 6.25. The fourth-order valence-electron chi connectivity index (χ4n) is 1.56. The predicted molar refractivity (Wildman–Crippen MR) is 69.9 cm³/mol. The largest absolute Gasteiger partial charge is 0.368 e. The molecule has 100 valence electrons. The molecule has 0 unspecified atom stereocenters. The second-order valence-electron chi connectivity index (χ2n) is 3.85. The Morgan fingerprint density at radius 1 is 1.11 bits per heavy atom. The van der Waals surface area contributed by atoms with E-state index in [9.17, 15) is 8.78 Å². The minimum absolute atomic E-state index is 0.00278. The number of pyridine rings is 2. The second kappa shape index (κ2) is 6.08. The Morgan fingerprint density at radius 3 is 2.47 bits per heavy atom. The van der Waals surface area contributed by atoms with Crippen molar-refractivity contribution >= 4 is 11.6 Å². The first-order valence-corrected chi connectivity index (χ1v) is 5.94. The Bertz CT molecular complexity index is 546. The Labute approximate surface area is 109 Å². The Kier molecular flexibility index (Phi) is 4.22. The second-order valence-corrected chi connectivity index (χ2v) is 3.85. The Morgan fingerprint density at radius 2 is 1.84 bits per heavy atom. The molecular formula is C13H14F2N4. The molecule has 0 amide bonds. The van der Waals surface area contributed by atoms with E-state index in [-0.39, 0.29) is 11.6 Å². The highest BCUT2D eigenvalue weighted by atomic mass is 19.1. The molecule has 6 heteroatoms.